The summed E-state index contributed by atoms with van der Waals surface area (Å²) in [5.41, 5.74) is 1.87. The fourth-order valence-electron chi connectivity index (χ4n) is 3.68. The SMILES string of the molecule is CN(C)Cc1ccc(-c2noc(CCC(=O)NCCCNc3n[nH]c(=O)c4ccccc34)n2)cc1. The lowest BCUT2D eigenvalue weighted by Crippen LogP contribution is -2.26. The van der Waals surface area contributed by atoms with Crippen LogP contribution in [-0.2, 0) is 17.8 Å². The zero-order valence-electron chi connectivity index (χ0n) is 19.9. The maximum Gasteiger partial charge on any atom is 0.272 e. The van der Waals surface area contributed by atoms with E-state index in [4.69, 9.17) is 4.52 Å². The topological polar surface area (TPSA) is 129 Å². The van der Waals surface area contributed by atoms with Crippen LogP contribution < -0.4 is 16.2 Å². The van der Waals surface area contributed by atoms with E-state index in [2.05, 4.69) is 35.9 Å². The number of H-pyrrole nitrogens is 1. The molecule has 0 atom stereocenters. The van der Waals surface area contributed by atoms with Gasteiger partial charge < -0.3 is 20.1 Å². The van der Waals surface area contributed by atoms with Crippen LogP contribution in [0.1, 0.15) is 24.3 Å². The molecule has 0 bridgehead atoms. The van der Waals surface area contributed by atoms with Gasteiger partial charge in [-0.2, -0.15) is 10.1 Å². The largest absolute Gasteiger partial charge is 0.368 e. The highest BCUT2D eigenvalue weighted by Gasteiger charge is 2.11. The molecule has 0 aliphatic rings. The third-order valence-electron chi connectivity index (χ3n) is 5.41. The van der Waals surface area contributed by atoms with Crippen molar-refractivity contribution < 1.29 is 9.32 Å². The molecule has 4 rings (SSSR count). The minimum atomic E-state index is -0.218. The van der Waals surface area contributed by atoms with Gasteiger partial charge in [0.1, 0.15) is 0 Å². The Kier molecular flexibility index (Phi) is 7.84. The Bertz CT molecular complexity index is 1330. The molecule has 35 heavy (non-hydrogen) atoms. The van der Waals surface area contributed by atoms with Crippen molar-refractivity contribution in [1.82, 2.24) is 30.6 Å². The summed E-state index contributed by atoms with van der Waals surface area (Å²) < 4.78 is 5.31. The summed E-state index contributed by atoms with van der Waals surface area (Å²) >= 11 is 0. The molecule has 2 heterocycles. The van der Waals surface area contributed by atoms with Crippen LogP contribution >= 0.6 is 0 Å². The van der Waals surface area contributed by atoms with Crippen molar-refractivity contribution in [3.8, 4) is 11.4 Å². The van der Waals surface area contributed by atoms with Gasteiger partial charge in [-0.1, -0.05) is 47.6 Å². The number of anilines is 1. The Hall–Kier alpha value is -4.05. The summed E-state index contributed by atoms with van der Waals surface area (Å²) in [6.07, 6.45) is 1.35. The number of hydrogen-bond acceptors (Lipinski definition) is 8. The maximum atomic E-state index is 12.2. The normalized spacial score (nSPS) is 11.2. The van der Waals surface area contributed by atoms with Crippen LogP contribution in [0.15, 0.2) is 57.8 Å². The number of nitrogens with one attached hydrogen (secondary N) is 3. The Balaban J connectivity index is 1.18. The van der Waals surface area contributed by atoms with E-state index in [0.29, 0.717) is 48.9 Å². The zero-order valence-corrected chi connectivity index (χ0v) is 19.9. The molecular weight excluding hydrogens is 446 g/mol. The monoisotopic (exact) mass is 475 g/mol. The van der Waals surface area contributed by atoms with Gasteiger partial charge in [0.25, 0.3) is 5.56 Å². The highest BCUT2D eigenvalue weighted by Crippen LogP contribution is 2.18. The van der Waals surface area contributed by atoms with Gasteiger partial charge in [-0.05, 0) is 32.1 Å². The zero-order chi connectivity index (χ0) is 24.6. The molecule has 0 unspecified atom stereocenters. The van der Waals surface area contributed by atoms with E-state index in [0.717, 1.165) is 17.5 Å². The standard InChI is InChI=1S/C25H29N7O3/c1-32(2)16-17-8-10-18(11-9-17)23-28-22(35-31-23)13-12-21(33)26-14-5-15-27-24-19-6-3-4-7-20(19)25(34)30-29-24/h3-4,6-11H,5,12-16H2,1-2H3,(H,26,33)(H,27,29)(H,30,34). The average Bonchev–Trinajstić information content (AvgIpc) is 3.33. The van der Waals surface area contributed by atoms with Crippen molar-refractivity contribution in [1.29, 1.82) is 0 Å². The number of rotatable bonds is 11. The Morgan fingerprint density at radius 2 is 1.83 bits per heavy atom. The van der Waals surface area contributed by atoms with E-state index in [1.807, 2.05) is 56.6 Å². The minimum absolute atomic E-state index is 0.0783. The van der Waals surface area contributed by atoms with Crippen LogP contribution in [-0.4, -0.2) is 58.3 Å². The molecule has 0 spiro atoms. The summed E-state index contributed by atoms with van der Waals surface area (Å²) in [4.78, 5) is 30.6. The molecule has 10 heteroatoms. The first-order valence-corrected chi connectivity index (χ1v) is 11.5. The van der Waals surface area contributed by atoms with Crippen LogP contribution in [0.5, 0.6) is 0 Å². The Morgan fingerprint density at radius 1 is 1.06 bits per heavy atom. The number of amides is 1. The molecule has 0 aliphatic carbocycles. The van der Waals surface area contributed by atoms with Crippen molar-refractivity contribution in [2.75, 3.05) is 32.5 Å². The van der Waals surface area contributed by atoms with Crippen molar-refractivity contribution in [3.05, 3.63) is 70.3 Å². The molecule has 2 aromatic heterocycles. The lowest BCUT2D eigenvalue weighted by atomic mass is 10.1. The van der Waals surface area contributed by atoms with Gasteiger partial charge >= 0.3 is 0 Å². The first kappa shape index (κ1) is 24.1. The van der Waals surface area contributed by atoms with E-state index in [9.17, 15) is 9.59 Å². The highest BCUT2D eigenvalue weighted by atomic mass is 16.5. The quantitative estimate of drug-likeness (QED) is 0.282. The maximum absolute atomic E-state index is 12.2. The summed E-state index contributed by atoms with van der Waals surface area (Å²) in [7, 11) is 4.06. The van der Waals surface area contributed by atoms with Crippen LogP contribution in [0, 0.1) is 0 Å². The highest BCUT2D eigenvalue weighted by molar-refractivity contribution is 5.90. The number of aromatic nitrogens is 4. The molecule has 182 valence electrons. The van der Waals surface area contributed by atoms with Gasteiger partial charge in [0.15, 0.2) is 5.82 Å². The van der Waals surface area contributed by atoms with E-state index in [1.165, 1.54) is 5.56 Å². The average molecular weight is 476 g/mol. The Labute approximate surface area is 202 Å². The second kappa shape index (κ2) is 11.4. The van der Waals surface area contributed by atoms with Crippen LogP contribution in [0.2, 0.25) is 0 Å². The first-order chi connectivity index (χ1) is 17.0. The van der Waals surface area contributed by atoms with E-state index in [1.54, 1.807) is 6.07 Å². The summed E-state index contributed by atoms with van der Waals surface area (Å²) in [6.45, 7) is 1.98. The molecule has 2 aromatic carbocycles. The number of aromatic amines is 1. The van der Waals surface area contributed by atoms with Crippen molar-refractivity contribution in [3.63, 3.8) is 0 Å². The molecule has 3 N–H and O–H groups in total. The number of nitrogens with zero attached hydrogens (tertiary/aromatic N) is 4. The number of aryl methyl sites for hydroxylation is 1. The molecule has 10 nitrogen and oxygen atoms in total. The number of carbonyl (C=O) groups is 1. The lowest BCUT2D eigenvalue weighted by molar-refractivity contribution is -0.121. The molecule has 1 amide bonds. The second-order valence-corrected chi connectivity index (χ2v) is 8.52. The molecule has 0 radical (unpaired) electrons. The smallest absolute Gasteiger partial charge is 0.272 e. The van der Waals surface area contributed by atoms with Gasteiger partial charge in [0, 0.05) is 43.4 Å². The first-order valence-electron chi connectivity index (χ1n) is 11.5. The Morgan fingerprint density at radius 3 is 2.60 bits per heavy atom. The van der Waals surface area contributed by atoms with Gasteiger partial charge in [-0.15, -0.1) is 0 Å². The molecule has 0 fully saturated rings. The molecule has 0 aliphatic heterocycles. The van der Waals surface area contributed by atoms with E-state index < -0.39 is 0 Å². The van der Waals surface area contributed by atoms with Crippen LogP contribution in [0.4, 0.5) is 5.82 Å². The summed E-state index contributed by atoms with van der Waals surface area (Å²) in [6, 6.07) is 15.3. The van der Waals surface area contributed by atoms with Crippen molar-refractivity contribution >= 4 is 22.5 Å². The number of benzene rings is 2. The fourth-order valence-corrected chi connectivity index (χ4v) is 3.68. The van der Waals surface area contributed by atoms with Gasteiger partial charge in [-0.3, -0.25) is 9.59 Å². The van der Waals surface area contributed by atoms with Crippen molar-refractivity contribution in [2.24, 2.45) is 0 Å². The predicted molar refractivity (Wildman–Crippen MR) is 134 cm³/mol. The molecule has 0 saturated carbocycles. The van der Waals surface area contributed by atoms with Crippen molar-refractivity contribution in [2.45, 2.75) is 25.8 Å². The molecule has 4 aromatic rings. The fraction of sp³-hybridized carbons (Fsp3) is 0.320. The third kappa shape index (κ3) is 6.51. The summed E-state index contributed by atoms with van der Waals surface area (Å²) in [5, 5.41) is 18.1. The number of hydrogen-bond donors (Lipinski definition) is 3. The van der Waals surface area contributed by atoms with Gasteiger partial charge in [0.05, 0.1) is 5.39 Å². The molecular formula is C25H29N7O3. The van der Waals surface area contributed by atoms with Gasteiger partial charge in [0.2, 0.25) is 17.6 Å². The van der Waals surface area contributed by atoms with E-state index >= 15 is 0 Å². The second-order valence-electron chi connectivity index (χ2n) is 8.52. The van der Waals surface area contributed by atoms with Crippen LogP contribution in [0.3, 0.4) is 0 Å². The van der Waals surface area contributed by atoms with Crippen LogP contribution in [0.25, 0.3) is 22.2 Å². The van der Waals surface area contributed by atoms with E-state index in [-0.39, 0.29) is 17.9 Å². The molecule has 0 saturated heterocycles. The number of fused-ring (bicyclic) bond motifs is 1. The minimum Gasteiger partial charge on any atom is -0.368 e. The predicted octanol–water partition coefficient (Wildman–Crippen LogP) is 2.59. The third-order valence-corrected chi connectivity index (χ3v) is 5.41. The lowest BCUT2D eigenvalue weighted by Gasteiger charge is -2.09. The van der Waals surface area contributed by atoms with Gasteiger partial charge in [-0.25, -0.2) is 5.10 Å². The number of carbonyl (C=O) groups excluding carboxylic acids is 1. The summed E-state index contributed by atoms with van der Waals surface area (Å²) in [5.74, 6) is 1.49.